The molecule has 0 aromatic carbocycles. The third kappa shape index (κ3) is 4.63. The first-order chi connectivity index (χ1) is 9.43. The lowest BCUT2D eigenvalue weighted by Gasteiger charge is -2.13. The van der Waals surface area contributed by atoms with Gasteiger partial charge in [0.15, 0.2) is 0 Å². The van der Waals surface area contributed by atoms with Crippen LogP contribution in [0.25, 0.3) is 0 Å². The number of aromatic nitrogens is 1. The number of nitrogens with zero attached hydrogens (tertiary/aromatic N) is 1. The van der Waals surface area contributed by atoms with E-state index >= 15 is 0 Å². The molecule has 1 amide bonds. The van der Waals surface area contributed by atoms with Gasteiger partial charge in [-0.05, 0) is 18.6 Å². The van der Waals surface area contributed by atoms with Crippen molar-refractivity contribution >= 4 is 17.8 Å². The van der Waals surface area contributed by atoms with Crippen molar-refractivity contribution in [3.8, 4) is 0 Å². The number of methoxy groups -OCH3 is 1. The van der Waals surface area contributed by atoms with Gasteiger partial charge in [0, 0.05) is 6.42 Å². The Bertz CT molecular complexity index is 503. The van der Waals surface area contributed by atoms with Gasteiger partial charge in [0.1, 0.15) is 17.6 Å². The van der Waals surface area contributed by atoms with Crippen molar-refractivity contribution < 1.29 is 28.6 Å². The van der Waals surface area contributed by atoms with Crippen LogP contribution in [-0.4, -0.2) is 41.1 Å². The van der Waals surface area contributed by atoms with Gasteiger partial charge in [0.2, 0.25) is 0 Å². The third-order valence-corrected chi connectivity index (χ3v) is 2.43. The molecule has 1 atom stereocenters. The summed E-state index contributed by atoms with van der Waals surface area (Å²) in [5.41, 5.74) is -0.115. The van der Waals surface area contributed by atoms with Gasteiger partial charge in [-0.15, -0.1) is 0 Å². The van der Waals surface area contributed by atoms with Gasteiger partial charge in [0.25, 0.3) is 5.91 Å². The summed E-state index contributed by atoms with van der Waals surface area (Å²) in [5.74, 6) is -3.24. The SMILES string of the molecule is COC(=O)CCC(NC(=O)c1ccc(F)cn1)C(=O)O. The van der Waals surface area contributed by atoms with E-state index in [0.29, 0.717) is 0 Å². The van der Waals surface area contributed by atoms with E-state index in [4.69, 9.17) is 5.11 Å². The van der Waals surface area contributed by atoms with Crippen molar-refractivity contribution in [2.24, 2.45) is 0 Å². The third-order valence-electron chi connectivity index (χ3n) is 2.43. The topological polar surface area (TPSA) is 106 Å². The number of carbonyl (C=O) groups excluding carboxylic acids is 2. The van der Waals surface area contributed by atoms with Crippen LogP contribution in [0.2, 0.25) is 0 Å². The second-order valence-electron chi connectivity index (χ2n) is 3.84. The monoisotopic (exact) mass is 284 g/mol. The molecule has 108 valence electrons. The maximum absolute atomic E-state index is 12.6. The fraction of sp³-hybridized carbons (Fsp3) is 0.333. The molecule has 1 heterocycles. The average Bonchev–Trinajstić information content (AvgIpc) is 2.43. The smallest absolute Gasteiger partial charge is 0.326 e. The number of carbonyl (C=O) groups is 3. The van der Waals surface area contributed by atoms with E-state index in [-0.39, 0.29) is 18.5 Å². The Labute approximate surface area is 113 Å². The van der Waals surface area contributed by atoms with Crippen molar-refractivity contribution in [2.75, 3.05) is 7.11 Å². The highest BCUT2D eigenvalue weighted by Gasteiger charge is 2.22. The molecular weight excluding hydrogens is 271 g/mol. The molecule has 1 aromatic rings. The molecule has 0 aliphatic rings. The second-order valence-corrected chi connectivity index (χ2v) is 3.84. The summed E-state index contributed by atoms with van der Waals surface area (Å²) in [6.07, 6.45) is 0.582. The molecule has 0 aliphatic carbocycles. The predicted octanol–water partition coefficient (Wildman–Crippen LogP) is 0.357. The molecular formula is C12H13FN2O5. The number of esters is 1. The molecule has 0 aliphatic heterocycles. The molecule has 0 saturated carbocycles. The second kappa shape index (κ2) is 7.17. The molecule has 8 heteroatoms. The van der Waals surface area contributed by atoms with Crippen molar-refractivity contribution in [1.82, 2.24) is 10.3 Å². The van der Waals surface area contributed by atoms with Crippen molar-refractivity contribution in [1.29, 1.82) is 0 Å². The first-order valence-electron chi connectivity index (χ1n) is 5.66. The summed E-state index contributed by atoms with van der Waals surface area (Å²) in [5, 5.41) is 11.2. The van der Waals surface area contributed by atoms with Crippen LogP contribution in [0.5, 0.6) is 0 Å². The Hall–Kier alpha value is -2.51. The fourth-order valence-corrected chi connectivity index (χ4v) is 1.36. The van der Waals surface area contributed by atoms with E-state index in [9.17, 15) is 18.8 Å². The Morgan fingerprint density at radius 3 is 2.65 bits per heavy atom. The number of carboxylic acids is 1. The van der Waals surface area contributed by atoms with E-state index in [1.807, 2.05) is 0 Å². The van der Waals surface area contributed by atoms with Crippen molar-refractivity contribution in [2.45, 2.75) is 18.9 Å². The first kappa shape index (κ1) is 15.5. The van der Waals surface area contributed by atoms with Crippen LogP contribution in [0.4, 0.5) is 4.39 Å². The van der Waals surface area contributed by atoms with E-state index in [1.165, 1.54) is 7.11 Å². The highest BCUT2D eigenvalue weighted by atomic mass is 19.1. The minimum atomic E-state index is -1.29. The minimum Gasteiger partial charge on any atom is -0.480 e. The number of aliphatic carboxylic acids is 1. The Morgan fingerprint density at radius 1 is 1.45 bits per heavy atom. The molecule has 0 bridgehead atoms. The van der Waals surface area contributed by atoms with Gasteiger partial charge in [-0.3, -0.25) is 9.59 Å². The highest BCUT2D eigenvalue weighted by Crippen LogP contribution is 2.03. The minimum absolute atomic E-state index is 0.115. The molecule has 0 radical (unpaired) electrons. The average molecular weight is 284 g/mol. The first-order valence-corrected chi connectivity index (χ1v) is 5.66. The molecule has 0 saturated heterocycles. The molecule has 0 spiro atoms. The van der Waals surface area contributed by atoms with E-state index in [0.717, 1.165) is 18.3 Å². The lowest BCUT2D eigenvalue weighted by atomic mass is 10.1. The quantitative estimate of drug-likeness (QED) is 0.730. The van der Waals surface area contributed by atoms with E-state index in [1.54, 1.807) is 0 Å². The van der Waals surface area contributed by atoms with E-state index < -0.39 is 29.7 Å². The lowest BCUT2D eigenvalue weighted by molar-refractivity contribution is -0.142. The van der Waals surface area contributed by atoms with Gasteiger partial charge < -0.3 is 15.2 Å². The molecule has 20 heavy (non-hydrogen) atoms. The lowest BCUT2D eigenvalue weighted by Crippen LogP contribution is -2.41. The number of rotatable bonds is 6. The van der Waals surface area contributed by atoms with E-state index in [2.05, 4.69) is 15.0 Å². The van der Waals surface area contributed by atoms with Gasteiger partial charge >= 0.3 is 11.9 Å². The van der Waals surface area contributed by atoms with Crippen molar-refractivity contribution in [3.63, 3.8) is 0 Å². The molecule has 1 rings (SSSR count). The Morgan fingerprint density at radius 2 is 2.15 bits per heavy atom. The van der Waals surface area contributed by atoms with Crippen LogP contribution in [-0.2, 0) is 14.3 Å². The van der Waals surface area contributed by atoms with Gasteiger partial charge in [-0.2, -0.15) is 0 Å². The molecule has 1 aromatic heterocycles. The zero-order valence-electron chi connectivity index (χ0n) is 10.6. The standard InChI is InChI=1S/C12H13FN2O5/c1-20-10(16)5-4-9(12(18)19)15-11(17)8-3-2-7(13)6-14-8/h2-3,6,9H,4-5H2,1H3,(H,15,17)(H,18,19). The van der Waals surface area contributed by atoms with Crippen LogP contribution < -0.4 is 5.32 Å². The van der Waals surface area contributed by atoms with Gasteiger partial charge in [-0.1, -0.05) is 0 Å². The highest BCUT2D eigenvalue weighted by molar-refractivity contribution is 5.94. The van der Waals surface area contributed by atoms with Crippen LogP contribution in [0, 0.1) is 5.82 Å². The Balaban J connectivity index is 2.65. The predicted molar refractivity (Wildman–Crippen MR) is 64.3 cm³/mol. The number of pyridine rings is 1. The number of amides is 1. The number of nitrogens with one attached hydrogen (secondary N) is 1. The Kier molecular flexibility index (Phi) is 5.57. The fourth-order valence-electron chi connectivity index (χ4n) is 1.36. The summed E-state index contributed by atoms with van der Waals surface area (Å²) >= 11 is 0. The molecule has 7 nitrogen and oxygen atoms in total. The summed E-state index contributed by atoms with van der Waals surface area (Å²) in [7, 11) is 1.18. The number of halogens is 1. The number of ether oxygens (including phenoxy) is 1. The maximum Gasteiger partial charge on any atom is 0.326 e. The normalized spacial score (nSPS) is 11.5. The zero-order valence-corrected chi connectivity index (χ0v) is 10.6. The van der Waals surface area contributed by atoms with Crippen LogP contribution in [0.3, 0.4) is 0 Å². The summed E-state index contributed by atoms with van der Waals surface area (Å²) in [6.45, 7) is 0. The number of carboxylic acid groups (broad SMARTS) is 1. The summed E-state index contributed by atoms with van der Waals surface area (Å²) in [6, 6.07) is 0.907. The zero-order chi connectivity index (χ0) is 15.1. The largest absolute Gasteiger partial charge is 0.480 e. The van der Waals surface area contributed by atoms with Crippen LogP contribution >= 0.6 is 0 Å². The summed E-state index contributed by atoms with van der Waals surface area (Å²) in [4.78, 5) is 37.2. The van der Waals surface area contributed by atoms with Crippen LogP contribution in [0.1, 0.15) is 23.3 Å². The maximum atomic E-state index is 12.6. The van der Waals surface area contributed by atoms with Gasteiger partial charge in [-0.25, -0.2) is 14.2 Å². The van der Waals surface area contributed by atoms with Gasteiger partial charge in [0.05, 0.1) is 13.3 Å². The number of hydrogen-bond acceptors (Lipinski definition) is 5. The molecule has 2 N–H and O–H groups in total. The van der Waals surface area contributed by atoms with Crippen LogP contribution in [0.15, 0.2) is 18.3 Å². The molecule has 0 fully saturated rings. The summed E-state index contributed by atoms with van der Waals surface area (Å²) < 4.78 is 17.0. The molecule has 1 unspecified atom stereocenters. The van der Waals surface area contributed by atoms with Crippen molar-refractivity contribution in [3.05, 3.63) is 29.8 Å². The number of hydrogen-bond donors (Lipinski definition) is 2.